The molecule has 0 radical (unpaired) electrons. The number of Topliss-reactive ketones (excluding diaryl/α,β-unsaturated/α-hetero) is 1. The average Bonchev–Trinajstić information content (AvgIpc) is 2.87. The van der Waals surface area contributed by atoms with Gasteiger partial charge in [-0.25, -0.2) is 9.48 Å². The van der Waals surface area contributed by atoms with Gasteiger partial charge in [-0.3, -0.25) is 4.79 Å². The Balaban J connectivity index is 2.18. The molecule has 0 fully saturated rings. The van der Waals surface area contributed by atoms with Gasteiger partial charge in [0.15, 0.2) is 11.5 Å². The number of hydrogen-bond acceptors (Lipinski definition) is 5. The average molecular weight is 261 g/mol. The molecule has 98 valence electrons. The van der Waals surface area contributed by atoms with Gasteiger partial charge in [0.05, 0.1) is 18.9 Å². The second kappa shape index (κ2) is 5.30. The van der Waals surface area contributed by atoms with Crippen LogP contribution < -0.4 is 4.74 Å². The number of nitrogens with zero attached hydrogens (tertiary/aromatic N) is 3. The molecule has 0 aliphatic heterocycles. The summed E-state index contributed by atoms with van der Waals surface area (Å²) in [6.07, 6.45) is 1.20. The molecule has 2 aromatic rings. The summed E-state index contributed by atoms with van der Waals surface area (Å²) in [6, 6.07) is 6.79. The largest absolute Gasteiger partial charge is 0.496 e. The standard InChI is InChI=1S/C12H11N3O4/c1-19-11-5-3-2-4-8(11)10(16)7-15-6-9(12(17)18)13-14-15/h2-6H,7H2,1H3,(H,17,18). The van der Waals surface area contributed by atoms with Crippen LogP contribution in [0.25, 0.3) is 0 Å². The zero-order valence-corrected chi connectivity index (χ0v) is 10.1. The van der Waals surface area contributed by atoms with Crippen LogP contribution in [0.15, 0.2) is 30.5 Å². The van der Waals surface area contributed by atoms with Crippen LogP contribution in [0.2, 0.25) is 0 Å². The van der Waals surface area contributed by atoms with E-state index in [1.807, 2.05) is 0 Å². The zero-order valence-electron chi connectivity index (χ0n) is 10.1. The fraction of sp³-hybridized carbons (Fsp3) is 0.167. The maximum absolute atomic E-state index is 12.1. The Morgan fingerprint density at radius 1 is 1.37 bits per heavy atom. The molecule has 0 saturated carbocycles. The van der Waals surface area contributed by atoms with Crippen molar-refractivity contribution in [2.24, 2.45) is 0 Å². The Morgan fingerprint density at radius 3 is 2.74 bits per heavy atom. The van der Waals surface area contributed by atoms with Crippen molar-refractivity contribution in [2.75, 3.05) is 7.11 Å². The molecule has 1 aromatic carbocycles. The molecule has 0 aliphatic rings. The monoisotopic (exact) mass is 261 g/mol. The van der Waals surface area contributed by atoms with E-state index in [1.165, 1.54) is 18.0 Å². The van der Waals surface area contributed by atoms with Crippen LogP contribution in [0, 0.1) is 0 Å². The minimum Gasteiger partial charge on any atom is -0.496 e. The fourth-order valence-electron chi connectivity index (χ4n) is 1.58. The fourth-order valence-corrected chi connectivity index (χ4v) is 1.58. The van der Waals surface area contributed by atoms with Crippen molar-refractivity contribution in [2.45, 2.75) is 6.54 Å². The number of para-hydroxylation sites is 1. The first-order valence-electron chi connectivity index (χ1n) is 5.41. The Hall–Kier alpha value is -2.70. The molecule has 1 N–H and O–H groups in total. The highest BCUT2D eigenvalue weighted by Gasteiger charge is 2.14. The molecule has 0 atom stereocenters. The number of rotatable bonds is 5. The molecule has 0 unspecified atom stereocenters. The smallest absolute Gasteiger partial charge is 0.358 e. The predicted molar refractivity (Wildman–Crippen MR) is 64.3 cm³/mol. The molecule has 0 spiro atoms. The molecule has 2 rings (SSSR count). The third-order valence-electron chi connectivity index (χ3n) is 2.47. The van der Waals surface area contributed by atoms with E-state index in [9.17, 15) is 9.59 Å². The molecule has 1 heterocycles. The molecule has 0 saturated heterocycles. The van der Waals surface area contributed by atoms with E-state index < -0.39 is 5.97 Å². The summed E-state index contributed by atoms with van der Waals surface area (Å²) < 4.78 is 6.27. The summed E-state index contributed by atoms with van der Waals surface area (Å²) in [7, 11) is 1.48. The van der Waals surface area contributed by atoms with E-state index in [0.29, 0.717) is 11.3 Å². The van der Waals surface area contributed by atoms with Gasteiger partial charge in [0.2, 0.25) is 0 Å². The van der Waals surface area contributed by atoms with E-state index >= 15 is 0 Å². The first-order chi connectivity index (χ1) is 9.11. The van der Waals surface area contributed by atoms with Crippen LogP contribution in [-0.2, 0) is 6.54 Å². The Morgan fingerprint density at radius 2 is 2.11 bits per heavy atom. The van der Waals surface area contributed by atoms with Gasteiger partial charge in [0.1, 0.15) is 12.3 Å². The summed E-state index contributed by atoms with van der Waals surface area (Å²) in [5.74, 6) is -0.957. The topological polar surface area (TPSA) is 94.3 Å². The van der Waals surface area contributed by atoms with Crippen molar-refractivity contribution in [3.05, 3.63) is 41.7 Å². The molecule has 0 amide bonds. The van der Waals surface area contributed by atoms with Crippen LogP contribution >= 0.6 is 0 Å². The van der Waals surface area contributed by atoms with Crippen LogP contribution in [0.1, 0.15) is 20.8 Å². The Kier molecular flexibility index (Phi) is 3.56. The van der Waals surface area contributed by atoms with Crippen molar-refractivity contribution in [1.82, 2.24) is 15.0 Å². The zero-order chi connectivity index (χ0) is 13.8. The highest BCUT2D eigenvalue weighted by molar-refractivity contribution is 5.98. The lowest BCUT2D eigenvalue weighted by Crippen LogP contribution is -2.12. The van der Waals surface area contributed by atoms with E-state index in [2.05, 4.69) is 10.3 Å². The van der Waals surface area contributed by atoms with E-state index in [-0.39, 0.29) is 18.0 Å². The number of carboxylic acid groups (broad SMARTS) is 1. The second-order valence-electron chi connectivity index (χ2n) is 3.73. The quantitative estimate of drug-likeness (QED) is 0.802. The van der Waals surface area contributed by atoms with Gasteiger partial charge in [0.25, 0.3) is 0 Å². The molecule has 1 aromatic heterocycles. The Labute approximate surface area is 108 Å². The maximum Gasteiger partial charge on any atom is 0.358 e. The number of aromatic carboxylic acids is 1. The van der Waals surface area contributed by atoms with Gasteiger partial charge in [-0.2, -0.15) is 0 Å². The number of carboxylic acids is 1. The van der Waals surface area contributed by atoms with Gasteiger partial charge >= 0.3 is 5.97 Å². The van der Waals surface area contributed by atoms with Gasteiger partial charge in [-0.05, 0) is 12.1 Å². The lowest BCUT2D eigenvalue weighted by atomic mass is 10.1. The number of methoxy groups -OCH3 is 1. The summed E-state index contributed by atoms with van der Waals surface area (Å²) in [5.41, 5.74) is 0.213. The Bertz CT molecular complexity index is 621. The highest BCUT2D eigenvalue weighted by atomic mass is 16.5. The molecule has 7 nitrogen and oxygen atoms in total. The summed E-state index contributed by atoms with van der Waals surface area (Å²) in [6.45, 7) is -0.0966. The number of ketones is 1. The first kappa shape index (κ1) is 12.7. The first-order valence-corrected chi connectivity index (χ1v) is 5.41. The lowest BCUT2D eigenvalue weighted by molar-refractivity contribution is 0.0690. The molecular weight excluding hydrogens is 250 g/mol. The maximum atomic E-state index is 12.1. The number of carbonyl (C=O) groups is 2. The van der Waals surface area contributed by atoms with Crippen LogP contribution in [0.4, 0.5) is 0 Å². The van der Waals surface area contributed by atoms with Crippen molar-refractivity contribution >= 4 is 11.8 Å². The minimum absolute atomic E-state index is 0.0966. The van der Waals surface area contributed by atoms with Crippen molar-refractivity contribution in [3.8, 4) is 5.75 Å². The van der Waals surface area contributed by atoms with Crippen LogP contribution in [-0.4, -0.2) is 39.0 Å². The number of carbonyl (C=O) groups excluding carboxylic acids is 1. The lowest BCUT2D eigenvalue weighted by Gasteiger charge is -2.06. The molecule has 19 heavy (non-hydrogen) atoms. The summed E-state index contributed by atoms with van der Waals surface area (Å²) in [5, 5.41) is 15.7. The number of hydrogen-bond donors (Lipinski definition) is 1. The van der Waals surface area contributed by atoms with E-state index in [4.69, 9.17) is 9.84 Å². The van der Waals surface area contributed by atoms with Crippen molar-refractivity contribution in [3.63, 3.8) is 0 Å². The van der Waals surface area contributed by atoms with E-state index in [0.717, 1.165) is 0 Å². The minimum atomic E-state index is -1.18. The molecular formula is C12H11N3O4. The SMILES string of the molecule is COc1ccccc1C(=O)Cn1cc(C(=O)O)nn1. The third kappa shape index (κ3) is 2.76. The van der Waals surface area contributed by atoms with E-state index in [1.54, 1.807) is 24.3 Å². The van der Waals surface area contributed by atoms with Gasteiger partial charge < -0.3 is 9.84 Å². The molecule has 7 heteroatoms. The highest BCUT2D eigenvalue weighted by Crippen LogP contribution is 2.18. The van der Waals surface area contributed by atoms with Crippen LogP contribution in [0.3, 0.4) is 0 Å². The predicted octanol–water partition coefficient (Wildman–Crippen LogP) is 0.868. The number of ether oxygens (including phenoxy) is 1. The van der Waals surface area contributed by atoms with Gasteiger partial charge in [-0.15, -0.1) is 5.10 Å². The summed E-state index contributed by atoms with van der Waals surface area (Å²) in [4.78, 5) is 22.7. The second-order valence-corrected chi connectivity index (χ2v) is 3.73. The third-order valence-corrected chi connectivity index (χ3v) is 2.47. The molecule has 0 aliphatic carbocycles. The van der Waals surface area contributed by atoms with Crippen LogP contribution in [0.5, 0.6) is 5.75 Å². The number of benzene rings is 1. The van der Waals surface area contributed by atoms with Gasteiger partial charge in [-0.1, -0.05) is 17.3 Å². The van der Waals surface area contributed by atoms with Crippen molar-refractivity contribution < 1.29 is 19.4 Å². The van der Waals surface area contributed by atoms with Crippen molar-refractivity contribution in [1.29, 1.82) is 0 Å². The number of aromatic nitrogens is 3. The van der Waals surface area contributed by atoms with Gasteiger partial charge in [0, 0.05) is 0 Å². The normalized spacial score (nSPS) is 10.2. The molecule has 0 bridgehead atoms. The summed E-state index contributed by atoms with van der Waals surface area (Å²) >= 11 is 0.